The van der Waals surface area contributed by atoms with E-state index in [4.69, 9.17) is 9.84 Å². The summed E-state index contributed by atoms with van der Waals surface area (Å²) in [6.07, 6.45) is 0.791. The van der Waals surface area contributed by atoms with Crippen LogP contribution in [0.15, 0.2) is 77.7 Å². The second-order valence-corrected chi connectivity index (χ2v) is 9.21. The number of ether oxygens (including phenoxy) is 1. The summed E-state index contributed by atoms with van der Waals surface area (Å²) in [6, 6.07) is 19.2. The van der Waals surface area contributed by atoms with Gasteiger partial charge in [-0.2, -0.15) is 0 Å². The highest BCUT2D eigenvalue weighted by atomic mass is 32.1. The molecule has 3 N–H and O–H groups in total. The standard InChI is InChI=1S/C27H26N2O5S/c1-17(26(32)29-23(15-25(30)31)24-11-6-14-35-24)12-13-28-27(33)34-16-22-20-9-4-2-7-18(20)19-8-3-5-10-21(19)22/h2-12,14,22-23H,13,15-16H2,1H3,(H,28,33)(H,29,32)(H,30,31)/b17-12+. The quantitative estimate of drug-likeness (QED) is 0.372. The van der Waals surface area contributed by atoms with Crippen molar-refractivity contribution in [3.05, 3.63) is 93.7 Å². The number of aliphatic carboxylic acids is 1. The average Bonchev–Trinajstić information content (AvgIpc) is 3.49. The van der Waals surface area contributed by atoms with Crippen molar-refractivity contribution in [2.75, 3.05) is 13.2 Å². The number of carboxylic acids is 1. The zero-order valence-electron chi connectivity index (χ0n) is 19.2. The van der Waals surface area contributed by atoms with Gasteiger partial charge in [-0.3, -0.25) is 9.59 Å². The van der Waals surface area contributed by atoms with Crippen LogP contribution in [0.25, 0.3) is 11.1 Å². The summed E-state index contributed by atoms with van der Waals surface area (Å²) in [5.74, 6) is -1.42. The van der Waals surface area contributed by atoms with Crippen molar-refractivity contribution < 1.29 is 24.2 Å². The lowest BCUT2D eigenvalue weighted by Gasteiger charge is -2.16. The number of carbonyl (C=O) groups excluding carboxylic acids is 2. The number of alkyl carbamates (subject to hydrolysis) is 1. The molecule has 1 unspecified atom stereocenters. The zero-order valence-corrected chi connectivity index (χ0v) is 20.0. The third kappa shape index (κ3) is 5.78. The average molecular weight is 491 g/mol. The summed E-state index contributed by atoms with van der Waals surface area (Å²) < 4.78 is 5.50. The van der Waals surface area contributed by atoms with Crippen molar-refractivity contribution in [2.24, 2.45) is 0 Å². The highest BCUT2D eigenvalue weighted by Gasteiger charge is 2.29. The third-order valence-electron chi connectivity index (χ3n) is 5.93. The molecule has 0 saturated heterocycles. The number of amides is 2. The van der Waals surface area contributed by atoms with Crippen molar-refractivity contribution in [1.82, 2.24) is 10.6 Å². The number of thiophene rings is 1. The van der Waals surface area contributed by atoms with Gasteiger partial charge in [-0.1, -0.05) is 60.7 Å². The highest BCUT2D eigenvalue weighted by molar-refractivity contribution is 7.10. The molecule has 1 heterocycles. The van der Waals surface area contributed by atoms with Crippen LogP contribution in [-0.2, 0) is 14.3 Å². The number of hydrogen-bond acceptors (Lipinski definition) is 5. The van der Waals surface area contributed by atoms with Gasteiger partial charge in [-0.25, -0.2) is 4.79 Å². The molecular formula is C27H26N2O5S. The number of fused-ring (bicyclic) bond motifs is 3. The van der Waals surface area contributed by atoms with Crippen LogP contribution in [0, 0.1) is 0 Å². The minimum absolute atomic E-state index is 0.0281. The molecule has 1 aromatic heterocycles. The lowest BCUT2D eigenvalue weighted by Crippen LogP contribution is -2.31. The molecule has 2 amide bonds. The van der Waals surface area contributed by atoms with E-state index in [1.807, 2.05) is 35.7 Å². The third-order valence-corrected chi connectivity index (χ3v) is 6.91. The number of carboxylic acid groups (broad SMARTS) is 1. The highest BCUT2D eigenvalue weighted by Crippen LogP contribution is 2.44. The van der Waals surface area contributed by atoms with E-state index in [1.54, 1.807) is 19.1 Å². The smallest absolute Gasteiger partial charge is 0.407 e. The van der Waals surface area contributed by atoms with Crippen molar-refractivity contribution >= 4 is 29.3 Å². The predicted molar refractivity (Wildman–Crippen MR) is 134 cm³/mol. The Morgan fingerprint density at radius 2 is 1.69 bits per heavy atom. The summed E-state index contributed by atoms with van der Waals surface area (Å²) in [5.41, 5.74) is 4.96. The molecule has 0 bridgehead atoms. The fourth-order valence-electron chi connectivity index (χ4n) is 4.19. The van der Waals surface area contributed by atoms with Gasteiger partial charge in [-0.05, 0) is 40.6 Å². The lowest BCUT2D eigenvalue weighted by atomic mass is 9.98. The number of rotatable bonds is 9. The first-order valence-electron chi connectivity index (χ1n) is 11.3. The minimum atomic E-state index is -0.998. The Balaban J connectivity index is 1.29. The fourth-order valence-corrected chi connectivity index (χ4v) is 4.97. The van der Waals surface area contributed by atoms with Crippen LogP contribution in [0.5, 0.6) is 0 Å². The molecule has 0 radical (unpaired) electrons. The van der Waals surface area contributed by atoms with E-state index < -0.39 is 18.1 Å². The molecule has 1 atom stereocenters. The van der Waals surface area contributed by atoms with E-state index in [9.17, 15) is 14.4 Å². The zero-order chi connectivity index (χ0) is 24.8. The van der Waals surface area contributed by atoms with Crippen LogP contribution in [0.1, 0.15) is 41.3 Å². The van der Waals surface area contributed by atoms with Crippen molar-refractivity contribution in [1.29, 1.82) is 0 Å². The van der Waals surface area contributed by atoms with Crippen LogP contribution in [-0.4, -0.2) is 36.2 Å². The van der Waals surface area contributed by atoms with Crippen LogP contribution >= 0.6 is 11.3 Å². The Hall–Kier alpha value is -3.91. The first-order chi connectivity index (χ1) is 16.9. The maximum Gasteiger partial charge on any atom is 0.407 e. The molecule has 35 heavy (non-hydrogen) atoms. The fraction of sp³-hybridized carbons (Fsp3) is 0.222. The molecule has 2 aromatic carbocycles. The lowest BCUT2D eigenvalue weighted by molar-refractivity contribution is -0.137. The molecule has 1 aliphatic carbocycles. The molecule has 8 heteroatoms. The molecule has 1 aliphatic rings. The normalized spacial score (nSPS) is 13.5. The molecule has 7 nitrogen and oxygen atoms in total. The predicted octanol–water partition coefficient (Wildman–Crippen LogP) is 4.87. The summed E-state index contributed by atoms with van der Waals surface area (Å²) in [7, 11) is 0. The van der Waals surface area contributed by atoms with E-state index >= 15 is 0 Å². The van der Waals surface area contributed by atoms with Crippen molar-refractivity contribution in [2.45, 2.75) is 25.3 Å². The summed E-state index contributed by atoms with van der Waals surface area (Å²) in [4.78, 5) is 36.8. The molecule has 0 aliphatic heterocycles. The largest absolute Gasteiger partial charge is 0.481 e. The Morgan fingerprint density at radius 1 is 1.03 bits per heavy atom. The van der Waals surface area contributed by atoms with Gasteiger partial charge >= 0.3 is 12.1 Å². The number of benzene rings is 2. The molecule has 180 valence electrons. The topological polar surface area (TPSA) is 105 Å². The van der Waals surface area contributed by atoms with Crippen molar-refractivity contribution in [3.63, 3.8) is 0 Å². The van der Waals surface area contributed by atoms with Gasteiger partial charge in [0.2, 0.25) is 5.91 Å². The Kier molecular flexibility index (Phi) is 7.62. The van der Waals surface area contributed by atoms with Gasteiger partial charge in [0.15, 0.2) is 0 Å². The molecule has 4 rings (SSSR count). The molecule has 3 aromatic rings. The Bertz CT molecular complexity index is 1210. The second-order valence-electron chi connectivity index (χ2n) is 8.23. The molecular weight excluding hydrogens is 464 g/mol. The van der Waals surface area contributed by atoms with Gasteiger partial charge in [0.1, 0.15) is 6.61 Å². The van der Waals surface area contributed by atoms with Crippen LogP contribution in [0.3, 0.4) is 0 Å². The monoisotopic (exact) mass is 490 g/mol. The Labute approximate surface area is 207 Å². The second kappa shape index (κ2) is 11.0. The van der Waals surface area contributed by atoms with Crippen LogP contribution in [0.4, 0.5) is 4.79 Å². The van der Waals surface area contributed by atoms with Gasteiger partial charge in [0.25, 0.3) is 0 Å². The maximum absolute atomic E-state index is 12.5. The van der Waals surface area contributed by atoms with E-state index in [0.717, 1.165) is 27.1 Å². The van der Waals surface area contributed by atoms with Crippen LogP contribution in [0.2, 0.25) is 0 Å². The SMILES string of the molecule is C/C(=C\CNC(=O)OCC1c2ccccc2-c2ccccc21)C(=O)NC(CC(=O)O)c1cccs1. The number of nitrogens with one attached hydrogen (secondary N) is 2. The van der Waals surface area contributed by atoms with E-state index in [0.29, 0.717) is 5.57 Å². The van der Waals surface area contributed by atoms with E-state index in [1.165, 1.54) is 11.3 Å². The summed E-state index contributed by atoms with van der Waals surface area (Å²) in [5, 5.41) is 16.4. The van der Waals surface area contributed by atoms with Crippen LogP contribution < -0.4 is 10.6 Å². The first-order valence-corrected chi connectivity index (χ1v) is 12.1. The van der Waals surface area contributed by atoms with Gasteiger partial charge in [-0.15, -0.1) is 11.3 Å². The van der Waals surface area contributed by atoms with E-state index in [-0.39, 0.29) is 31.4 Å². The molecule has 0 saturated carbocycles. The van der Waals surface area contributed by atoms with E-state index in [2.05, 4.69) is 34.9 Å². The van der Waals surface area contributed by atoms with Crippen molar-refractivity contribution in [3.8, 4) is 11.1 Å². The van der Waals surface area contributed by atoms with Gasteiger partial charge in [0, 0.05) is 22.9 Å². The molecule has 0 spiro atoms. The summed E-state index contributed by atoms with van der Waals surface area (Å²) in [6.45, 7) is 1.93. The first kappa shape index (κ1) is 24.2. The Morgan fingerprint density at radius 3 is 2.29 bits per heavy atom. The number of carbonyl (C=O) groups is 3. The maximum atomic E-state index is 12.5. The van der Waals surface area contributed by atoms with Gasteiger partial charge in [0.05, 0.1) is 12.5 Å². The molecule has 0 fully saturated rings. The number of hydrogen-bond donors (Lipinski definition) is 3. The summed E-state index contributed by atoms with van der Waals surface area (Å²) >= 11 is 1.38. The van der Waals surface area contributed by atoms with Gasteiger partial charge < -0.3 is 20.5 Å². The minimum Gasteiger partial charge on any atom is -0.481 e.